The molecule has 2 aromatic carbocycles. The number of hydrogen-bond donors (Lipinski definition) is 1. The molecule has 6 heteroatoms. The van der Waals surface area contributed by atoms with Gasteiger partial charge in [0, 0.05) is 11.1 Å². The lowest BCUT2D eigenvalue weighted by Gasteiger charge is -2.32. The number of halogens is 3. The zero-order chi connectivity index (χ0) is 20.4. The Morgan fingerprint density at radius 1 is 0.852 bits per heavy atom. The van der Waals surface area contributed by atoms with Crippen LogP contribution in [0.4, 0.5) is 13.2 Å². The van der Waals surface area contributed by atoms with Crippen molar-refractivity contribution in [1.82, 2.24) is 5.32 Å². The lowest BCUT2D eigenvalue weighted by molar-refractivity contribution is -0.137. The zero-order valence-corrected chi connectivity index (χ0v) is 15.6. The molecule has 1 amide bonds. The molecule has 0 aromatic heterocycles. The minimum Gasteiger partial charge on any atom is -0.345 e. The third-order valence-corrected chi connectivity index (χ3v) is 4.27. The first kappa shape index (κ1) is 20.7. The van der Waals surface area contributed by atoms with Gasteiger partial charge in [-0.05, 0) is 42.2 Å². The molecule has 0 aliphatic heterocycles. The molecule has 0 saturated carbocycles. The van der Waals surface area contributed by atoms with Crippen molar-refractivity contribution in [2.24, 2.45) is 5.41 Å². The summed E-state index contributed by atoms with van der Waals surface area (Å²) in [5.41, 5.74) is 0.386. The van der Waals surface area contributed by atoms with Crippen LogP contribution < -0.4 is 5.32 Å². The lowest BCUT2D eigenvalue weighted by Crippen LogP contribution is -2.36. The Balaban J connectivity index is 2.26. The molecule has 0 fully saturated rings. The molecule has 0 aliphatic carbocycles. The first-order valence-electron chi connectivity index (χ1n) is 8.48. The summed E-state index contributed by atoms with van der Waals surface area (Å²) in [6, 6.07) is 10.7. The molecule has 0 bridgehead atoms. The molecular formula is C21H22F3NO2. The minimum atomic E-state index is -4.44. The van der Waals surface area contributed by atoms with Gasteiger partial charge in [0.05, 0.1) is 11.6 Å². The van der Waals surface area contributed by atoms with Crippen LogP contribution in [0.5, 0.6) is 0 Å². The van der Waals surface area contributed by atoms with Gasteiger partial charge in [-0.15, -0.1) is 0 Å². The van der Waals surface area contributed by atoms with Gasteiger partial charge in [-0.3, -0.25) is 9.59 Å². The Morgan fingerprint density at radius 3 is 1.74 bits per heavy atom. The van der Waals surface area contributed by atoms with E-state index in [1.165, 1.54) is 6.92 Å². The highest BCUT2D eigenvalue weighted by Gasteiger charge is 2.31. The van der Waals surface area contributed by atoms with Crippen molar-refractivity contribution >= 4 is 11.7 Å². The van der Waals surface area contributed by atoms with Crippen molar-refractivity contribution in [2.45, 2.75) is 39.9 Å². The van der Waals surface area contributed by atoms with Crippen molar-refractivity contribution in [1.29, 1.82) is 0 Å². The van der Waals surface area contributed by atoms with E-state index in [1.54, 1.807) is 24.3 Å². The smallest absolute Gasteiger partial charge is 0.345 e. The summed E-state index contributed by atoms with van der Waals surface area (Å²) in [6.07, 6.45) is -4.44. The number of hydrogen-bond acceptors (Lipinski definition) is 2. The van der Waals surface area contributed by atoms with Gasteiger partial charge in [-0.1, -0.05) is 45.0 Å². The van der Waals surface area contributed by atoms with E-state index in [0.717, 1.165) is 29.8 Å². The van der Waals surface area contributed by atoms with Crippen LogP contribution in [0.3, 0.4) is 0 Å². The average molecular weight is 377 g/mol. The van der Waals surface area contributed by atoms with Gasteiger partial charge in [-0.25, -0.2) is 0 Å². The largest absolute Gasteiger partial charge is 0.416 e. The first-order chi connectivity index (χ1) is 12.4. The van der Waals surface area contributed by atoms with Crippen LogP contribution in [0.2, 0.25) is 0 Å². The summed E-state index contributed by atoms with van der Waals surface area (Å²) >= 11 is 0. The lowest BCUT2D eigenvalue weighted by atomic mass is 9.82. The fourth-order valence-electron chi connectivity index (χ4n) is 2.74. The van der Waals surface area contributed by atoms with Gasteiger partial charge < -0.3 is 5.32 Å². The van der Waals surface area contributed by atoms with Crippen molar-refractivity contribution in [3.05, 3.63) is 70.8 Å². The molecule has 2 aromatic rings. The summed E-state index contributed by atoms with van der Waals surface area (Å²) in [5, 5.41) is 2.89. The summed E-state index contributed by atoms with van der Waals surface area (Å²) in [5.74, 6) is -0.512. The van der Waals surface area contributed by atoms with Crippen LogP contribution in [0.1, 0.15) is 65.6 Å². The van der Waals surface area contributed by atoms with E-state index in [9.17, 15) is 22.8 Å². The Labute approximate surface area is 156 Å². The molecule has 3 nitrogen and oxygen atoms in total. The molecule has 0 saturated heterocycles. The number of Topliss-reactive ketones (excluding diaryl/α,β-unsaturated/α-hetero) is 1. The molecular weight excluding hydrogens is 355 g/mol. The van der Waals surface area contributed by atoms with Crippen LogP contribution in [0, 0.1) is 5.41 Å². The topological polar surface area (TPSA) is 46.2 Å². The van der Waals surface area contributed by atoms with Gasteiger partial charge >= 0.3 is 6.18 Å². The second-order valence-corrected chi connectivity index (χ2v) is 7.53. The van der Waals surface area contributed by atoms with Gasteiger partial charge in [0.15, 0.2) is 5.78 Å². The summed E-state index contributed by atoms with van der Waals surface area (Å²) in [6.45, 7) is 7.32. The second-order valence-electron chi connectivity index (χ2n) is 7.53. The molecule has 0 heterocycles. The highest BCUT2D eigenvalue weighted by Crippen LogP contribution is 2.33. The number of amides is 1. The van der Waals surface area contributed by atoms with E-state index in [2.05, 4.69) is 5.32 Å². The van der Waals surface area contributed by atoms with Crippen LogP contribution in [0.25, 0.3) is 0 Å². The second kappa shape index (κ2) is 7.55. The van der Waals surface area contributed by atoms with Gasteiger partial charge in [0.1, 0.15) is 0 Å². The van der Waals surface area contributed by atoms with E-state index in [1.807, 2.05) is 20.8 Å². The maximum atomic E-state index is 12.7. The summed E-state index contributed by atoms with van der Waals surface area (Å²) in [4.78, 5) is 24.0. The molecule has 1 atom stereocenters. The van der Waals surface area contributed by atoms with Gasteiger partial charge in [-0.2, -0.15) is 13.2 Å². The number of rotatable bonds is 4. The average Bonchev–Trinajstić information content (AvgIpc) is 2.58. The Morgan fingerprint density at radius 2 is 1.33 bits per heavy atom. The summed E-state index contributed by atoms with van der Waals surface area (Å²) in [7, 11) is 0. The van der Waals surface area contributed by atoms with Crippen molar-refractivity contribution < 1.29 is 22.8 Å². The molecule has 2 rings (SSSR count). The van der Waals surface area contributed by atoms with E-state index in [0.29, 0.717) is 5.56 Å². The summed E-state index contributed by atoms with van der Waals surface area (Å²) < 4.78 is 38.0. The minimum absolute atomic E-state index is 0.0531. The quantitative estimate of drug-likeness (QED) is 0.723. The Bertz CT molecular complexity index is 816. The number of ketones is 1. The predicted molar refractivity (Wildman–Crippen MR) is 97.6 cm³/mol. The van der Waals surface area contributed by atoms with E-state index < -0.39 is 17.6 Å². The predicted octanol–water partition coefficient (Wildman–Crippen LogP) is 5.43. The number of alkyl halides is 3. The van der Waals surface area contributed by atoms with Crippen LogP contribution in [-0.2, 0) is 6.18 Å². The van der Waals surface area contributed by atoms with Gasteiger partial charge in [0.25, 0.3) is 5.91 Å². The van der Waals surface area contributed by atoms with Crippen molar-refractivity contribution in [3.8, 4) is 0 Å². The number of carbonyl (C=O) groups excluding carboxylic acids is 2. The fourth-order valence-corrected chi connectivity index (χ4v) is 2.74. The molecule has 0 radical (unpaired) electrons. The highest BCUT2D eigenvalue weighted by molar-refractivity contribution is 5.95. The monoisotopic (exact) mass is 377 g/mol. The molecule has 1 N–H and O–H groups in total. The number of nitrogens with one attached hydrogen (secondary N) is 1. The molecule has 1 unspecified atom stereocenters. The van der Waals surface area contributed by atoms with E-state index in [4.69, 9.17) is 0 Å². The standard InChI is InChI=1S/C21H22F3NO2/c1-13(26)14-5-7-15(8-6-14)18(20(2,3)4)25-19(27)16-9-11-17(12-10-16)21(22,23)24/h5-12,18H,1-4H3,(H,25,27). The Kier molecular flexibility index (Phi) is 5.78. The fraction of sp³-hybridized carbons (Fsp3) is 0.333. The first-order valence-corrected chi connectivity index (χ1v) is 8.48. The maximum absolute atomic E-state index is 12.7. The van der Waals surface area contributed by atoms with Crippen LogP contribution in [0.15, 0.2) is 48.5 Å². The number of carbonyl (C=O) groups is 2. The van der Waals surface area contributed by atoms with Crippen molar-refractivity contribution in [3.63, 3.8) is 0 Å². The maximum Gasteiger partial charge on any atom is 0.416 e. The molecule has 0 spiro atoms. The van der Waals surface area contributed by atoms with Gasteiger partial charge in [0.2, 0.25) is 0 Å². The normalized spacial score (nSPS) is 13.1. The molecule has 27 heavy (non-hydrogen) atoms. The highest BCUT2D eigenvalue weighted by atomic mass is 19.4. The zero-order valence-electron chi connectivity index (χ0n) is 15.6. The molecule has 0 aliphatic rings. The SMILES string of the molecule is CC(=O)c1ccc(C(NC(=O)c2ccc(C(F)(F)F)cc2)C(C)(C)C)cc1. The van der Waals surface area contributed by atoms with Crippen LogP contribution in [-0.4, -0.2) is 11.7 Å². The van der Waals surface area contributed by atoms with Crippen molar-refractivity contribution in [2.75, 3.05) is 0 Å². The number of benzene rings is 2. The third kappa shape index (κ3) is 5.18. The Hall–Kier alpha value is -2.63. The molecule has 144 valence electrons. The van der Waals surface area contributed by atoms with E-state index in [-0.39, 0.29) is 22.8 Å². The third-order valence-electron chi connectivity index (χ3n) is 4.27. The van der Waals surface area contributed by atoms with E-state index >= 15 is 0 Å². The van der Waals surface area contributed by atoms with Crippen LogP contribution >= 0.6 is 0 Å².